The van der Waals surface area contributed by atoms with Crippen molar-refractivity contribution in [1.82, 2.24) is 13.7 Å². The number of sulfonamides is 2. The van der Waals surface area contributed by atoms with E-state index in [2.05, 4.69) is 48.4 Å². The van der Waals surface area contributed by atoms with Crippen molar-refractivity contribution in [2.45, 2.75) is 59.7 Å². The van der Waals surface area contributed by atoms with E-state index in [9.17, 15) is 41.0 Å². The standard InChI is InChI=1S/C21H22ClN3O3S.C21H21N3O3S.C18H17N3O.C3H6Cl2O2S.CH2O3.2K.H/c1-3-25-20-13-17(28-2)9-10-18(20)19(14-23)21(25)15-5-7-16(8-6-15)24-29(26,27)12-4-11-22;1-3-23-20-13-17(27-2)9-10-18(20)19(14-22)21(23)15-5-7-16(8-6-15)24-11-4-12-28(24,25)26;1-3-21-17-10-14(22-2)8-9-15(17)16(11-19)18(21)12-4-6-13(20)7-5-12;4-2-1-3-8(5,6)7;2-1-4-3;;;/h5-10,13,24H,3-4,11-12H2,1-2H3;5-10,13H,3-4,11-12H2,1-2H3;4-10H,3,20H2,1-2H3;1-3H2;1,3H;;;/q;;;;;2*+1;-1/p-1. The van der Waals surface area contributed by atoms with Crippen LogP contribution in [0.15, 0.2) is 127 Å². The van der Waals surface area contributed by atoms with Gasteiger partial charge in [-0.05, 0) is 130 Å². The zero-order chi connectivity index (χ0) is 66.6. The maximum atomic E-state index is 12.2. The zero-order valence-corrected chi connectivity index (χ0v) is 63.6. The maximum Gasteiger partial charge on any atom is 1.00 e. The third-order valence-corrected chi connectivity index (χ3v) is 19.4. The molecule has 3 aromatic heterocycles. The van der Waals surface area contributed by atoms with Gasteiger partial charge >= 0.3 is 103 Å². The number of anilines is 3. The summed E-state index contributed by atoms with van der Waals surface area (Å²) in [5, 5.41) is 40.4. The number of alkyl halides is 2. The predicted octanol–water partition coefficient (Wildman–Crippen LogP) is 5.86. The zero-order valence-electron chi connectivity index (χ0n) is 53.7. The Bertz CT molecular complexity index is 4500. The number of hydrogen-bond acceptors (Lipinski definition) is 16. The summed E-state index contributed by atoms with van der Waals surface area (Å²) >= 11 is 10.8. The Morgan fingerprint density at radius 3 is 1.26 bits per heavy atom. The van der Waals surface area contributed by atoms with Gasteiger partial charge in [-0.1, -0.05) is 36.4 Å². The summed E-state index contributed by atoms with van der Waals surface area (Å²) in [6.07, 6.45) is 1.46. The van der Waals surface area contributed by atoms with Crippen LogP contribution in [-0.2, 0) is 58.4 Å². The molecule has 4 heterocycles. The van der Waals surface area contributed by atoms with Gasteiger partial charge in [-0.15, -0.1) is 23.2 Å². The van der Waals surface area contributed by atoms with E-state index in [-0.39, 0.29) is 128 Å². The van der Waals surface area contributed by atoms with E-state index in [1.807, 2.05) is 129 Å². The molecule has 29 heteroatoms. The first kappa shape index (κ1) is 80.1. The fourth-order valence-electron chi connectivity index (χ4n) is 10.3. The third kappa shape index (κ3) is 20.3. The second kappa shape index (κ2) is 37.8. The number of fused-ring (bicyclic) bond motifs is 3. The molecule has 0 atom stereocenters. The summed E-state index contributed by atoms with van der Waals surface area (Å²) in [4.78, 5) is 11.2. The molecule has 21 nitrogen and oxygen atoms in total. The van der Waals surface area contributed by atoms with Crippen LogP contribution in [0.5, 0.6) is 17.2 Å². The molecule has 1 fully saturated rings. The molecule has 0 radical (unpaired) electrons. The van der Waals surface area contributed by atoms with E-state index < -0.39 is 29.1 Å². The molecular formula is C64H68Cl3K2N9O12S3. The van der Waals surface area contributed by atoms with Crippen LogP contribution in [0.4, 0.5) is 17.1 Å². The van der Waals surface area contributed by atoms with Crippen LogP contribution in [-0.4, -0.2) is 102 Å². The van der Waals surface area contributed by atoms with Crippen LogP contribution in [0.2, 0.25) is 0 Å². The van der Waals surface area contributed by atoms with Crippen LogP contribution >= 0.6 is 33.9 Å². The molecule has 0 unspecified atom stereocenters. The van der Waals surface area contributed by atoms with E-state index in [4.69, 9.17) is 63.9 Å². The molecule has 10 rings (SSSR count). The number of hydrogen-bond donors (Lipinski definition) is 2. The van der Waals surface area contributed by atoms with Crippen LogP contribution < -0.4 is 137 Å². The van der Waals surface area contributed by atoms with E-state index >= 15 is 0 Å². The van der Waals surface area contributed by atoms with Gasteiger partial charge in [0.15, 0.2) is 0 Å². The Morgan fingerprint density at radius 1 is 0.613 bits per heavy atom. The number of methoxy groups -OCH3 is 3. The molecule has 6 aromatic carbocycles. The molecule has 0 spiro atoms. The Balaban J connectivity index is 0.000000335. The average molecular weight is 1440 g/mol. The van der Waals surface area contributed by atoms with Crippen molar-refractivity contribution < 1.29 is 159 Å². The summed E-state index contributed by atoms with van der Waals surface area (Å²) in [5.74, 6) is 3.02. The normalized spacial score (nSPS) is 12.0. The van der Waals surface area contributed by atoms with Crippen molar-refractivity contribution in [2.24, 2.45) is 0 Å². The third-order valence-electron chi connectivity index (χ3n) is 14.4. The van der Waals surface area contributed by atoms with Gasteiger partial charge in [0, 0.05) is 94.4 Å². The van der Waals surface area contributed by atoms with Gasteiger partial charge in [-0.2, -0.15) is 15.8 Å². The molecule has 0 bridgehead atoms. The number of carbonyl (C=O) groups is 1. The molecule has 0 aliphatic carbocycles. The van der Waals surface area contributed by atoms with E-state index in [1.54, 1.807) is 33.5 Å². The number of aromatic nitrogens is 3. The van der Waals surface area contributed by atoms with Gasteiger partial charge < -0.3 is 45.2 Å². The van der Waals surface area contributed by atoms with Gasteiger partial charge in [0.25, 0.3) is 6.47 Å². The number of nitrogen functional groups attached to an aromatic ring is 1. The van der Waals surface area contributed by atoms with Crippen LogP contribution in [0, 0.1) is 34.0 Å². The quantitative estimate of drug-likeness (QED) is 0.0182. The monoisotopic (exact) mass is 1430 g/mol. The smallest absolute Gasteiger partial charge is 1.00 e. The van der Waals surface area contributed by atoms with E-state index in [0.29, 0.717) is 84.4 Å². The molecular weight excluding hydrogens is 1370 g/mol. The molecule has 482 valence electrons. The minimum atomic E-state index is -3.43. The number of ether oxygens (including phenoxy) is 3. The average Bonchev–Trinajstić information content (AvgIpc) is 1.62. The fourth-order valence-corrected chi connectivity index (χ4v) is 14.4. The number of aryl methyl sites for hydroxylation is 3. The van der Waals surface area contributed by atoms with Crippen molar-refractivity contribution in [3.8, 4) is 69.2 Å². The van der Waals surface area contributed by atoms with E-state index in [0.717, 1.165) is 90.3 Å². The SMILES string of the molecule is CCn1c(-c2ccc(N)cc2)c(C#N)c2ccc(OC)cc21.CCn1c(-c2ccc(N3CCCS3(=O)=O)cc2)c(C#N)c2ccc(OC)cc21.CCn1c(-c2ccc(NS(=O)(=O)CCCCl)cc2)c(C#N)c2ccc(OC)cc21.O=CO[O-].O=S(=O)(Cl)CCCCl.[H-].[K+].[K+]. The Labute approximate surface area is 643 Å². The number of rotatable bonds is 19. The minimum Gasteiger partial charge on any atom is -1.00 e. The van der Waals surface area contributed by atoms with Crippen LogP contribution in [0.1, 0.15) is 58.2 Å². The van der Waals surface area contributed by atoms with Crippen molar-refractivity contribution >= 4 is 119 Å². The number of carbonyl (C=O) groups excluding carboxylic acids is 1. The van der Waals surface area contributed by atoms with Crippen molar-refractivity contribution in [3.63, 3.8) is 0 Å². The summed E-state index contributed by atoms with van der Waals surface area (Å²) in [5.41, 5.74) is 17.6. The number of halogens is 3. The summed E-state index contributed by atoms with van der Waals surface area (Å²) in [7, 11) is -0.238. The summed E-state index contributed by atoms with van der Waals surface area (Å²) in [6.45, 7) is 8.60. The Kier molecular flexibility index (Phi) is 32.5. The van der Waals surface area contributed by atoms with Crippen molar-refractivity contribution in [1.29, 1.82) is 15.8 Å². The number of nitrogens with zero attached hydrogens (tertiary/aromatic N) is 7. The maximum absolute atomic E-state index is 12.2. The van der Waals surface area contributed by atoms with Crippen molar-refractivity contribution in [3.05, 3.63) is 144 Å². The molecule has 0 amide bonds. The van der Waals surface area contributed by atoms with Gasteiger partial charge in [-0.25, -0.2) is 25.3 Å². The largest absolute Gasteiger partial charge is 1.00 e. The Morgan fingerprint density at radius 2 is 0.968 bits per heavy atom. The fraction of sp³-hybridized carbons (Fsp3) is 0.281. The first-order chi connectivity index (χ1) is 43.6. The molecule has 3 N–H and O–H groups in total. The second-order valence-electron chi connectivity index (χ2n) is 19.8. The number of nitrogens with one attached hydrogen (secondary N) is 1. The topological polar surface area (TPSA) is 307 Å². The van der Waals surface area contributed by atoms with Crippen LogP contribution in [0.3, 0.4) is 0 Å². The number of benzene rings is 6. The van der Waals surface area contributed by atoms with Crippen molar-refractivity contribution in [2.75, 3.05) is 71.7 Å². The first-order valence-electron chi connectivity index (χ1n) is 28.3. The molecule has 9 aromatic rings. The molecule has 0 saturated carbocycles. The van der Waals surface area contributed by atoms with Gasteiger partial charge in [0.1, 0.15) is 35.5 Å². The summed E-state index contributed by atoms with van der Waals surface area (Å²) < 4.78 is 95.0. The Hall–Kier alpha value is -5.37. The van der Waals surface area contributed by atoms with Crippen LogP contribution in [0.25, 0.3) is 66.5 Å². The summed E-state index contributed by atoms with van der Waals surface area (Å²) in [6, 6.07) is 46.2. The number of nitrogens with two attached hydrogens (primary N) is 1. The predicted molar refractivity (Wildman–Crippen MR) is 359 cm³/mol. The van der Waals surface area contributed by atoms with Gasteiger partial charge in [-0.3, -0.25) is 13.8 Å². The molecule has 1 saturated heterocycles. The number of nitriles is 3. The van der Waals surface area contributed by atoms with Gasteiger partial charge in [0.2, 0.25) is 29.1 Å². The molecule has 1 aliphatic heterocycles. The van der Waals surface area contributed by atoms with Gasteiger partial charge in [0.05, 0.1) is 94.6 Å². The minimum absolute atomic E-state index is 0. The first-order valence-corrected chi connectivity index (χ1v) is 35.1. The van der Waals surface area contributed by atoms with E-state index in [1.165, 1.54) is 4.31 Å². The molecule has 1 aliphatic rings. The molecule has 93 heavy (non-hydrogen) atoms. The second-order valence-corrected chi connectivity index (χ2v) is 27.3.